The van der Waals surface area contributed by atoms with Crippen LogP contribution >= 0.6 is 11.6 Å². The van der Waals surface area contributed by atoms with E-state index in [1.807, 2.05) is 48.5 Å². The van der Waals surface area contributed by atoms with Crippen LogP contribution in [0.15, 0.2) is 48.5 Å². The third kappa shape index (κ3) is 4.42. The smallest absolute Gasteiger partial charge is 0.134 e. The third-order valence-corrected chi connectivity index (χ3v) is 2.95. The predicted octanol–water partition coefficient (Wildman–Crippen LogP) is 4.05. The molecule has 2 aromatic rings. The molecular formula is C16H15ClO2. The number of carbonyl (C=O) groups is 1. The summed E-state index contributed by atoms with van der Waals surface area (Å²) in [6.07, 6.45) is 0.470. The van der Waals surface area contributed by atoms with E-state index in [2.05, 4.69) is 0 Å². The van der Waals surface area contributed by atoms with Gasteiger partial charge in [-0.15, -0.1) is 0 Å². The first kappa shape index (κ1) is 13.6. The zero-order valence-electron chi connectivity index (χ0n) is 10.7. The summed E-state index contributed by atoms with van der Waals surface area (Å²) < 4.78 is 5.66. The normalized spacial score (nSPS) is 10.2. The number of Topliss-reactive ketones (excluding diaryl/α,β-unsaturated/α-hetero) is 1. The van der Waals surface area contributed by atoms with Crippen molar-refractivity contribution in [2.45, 2.75) is 20.0 Å². The van der Waals surface area contributed by atoms with Crippen LogP contribution in [0, 0.1) is 0 Å². The Kier molecular flexibility index (Phi) is 4.58. The molecule has 2 aromatic carbocycles. The minimum atomic E-state index is 0.162. The molecule has 0 aliphatic rings. The van der Waals surface area contributed by atoms with Crippen molar-refractivity contribution in [3.05, 3.63) is 64.7 Å². The molecule has 0 unspecified atom stereocenters. The van der Waals surface area contributed by atoms with E-state index < -0.39 is 0 Å². The highest BCUT2D eigenvalue weighted by Crippen LogP contribution is 2.16. The highest BCUT2D eigenvalue weighted by Gasteiger charge is 1.99. The standard InChI is InChI=1S/C16H15ClO2/c1-12(18)10-13-4-8-16(9-5-13)19-11-14-2-6-15(17)7-3-14/h2-9H,10-11H2,1H3. The summed E-state index contributed by atoms with van der Waals surface area (Å²) in [4.78, 5) is 11.0. The van der Waals surface area contributed by atoms with Gasteiger partial charge < -0.3 is 4.74 Å². The van der Waals surface area contributed by atoms with Gasteiger partial charge in [-0.1, -0.05) is 35.9 Å². The molecule has 19 heavy (non-hydrogen) atoms. The molecule has 0 aromatic heterocycles. The van der Waals surface area contributed by atoms with Gasteiger partial charge in [0, 0.05) is 11.4 Å². The van der Waals surface area contributed by atoms with Crippen molar-refractivity contribution in [2.24, 2.45) is 0 Å². The SMILES string of the molecule is CC(=O)Cc1ccc(OCc2ccc(Cl)cc2)cc1. The second-order valence-electron chi connectivity index (χ2n) is 4.44. The number of carbonyl (C=O) groups excluding carboxylic acids is 1. The Morgan fingerprint density at radius 1 is 1.00 bits per heavy atom. The first-order valence-electron chi connectivity index (χ1n) is 6.09. The topological polar surface area (TPSA) is 26.3 Å². The highest BCUT2D eigenvalue weighted by atomic mass is 35.5. The molecule has 98 valence electrons. The Morgan fingerprint density at radius 3 is 2.16 bits per heavy atom. The van der Waals surface area contributed by atoms with Gasteiger partial charge in [0.2, 0.25) is 0 Å². The molecular weight excluding hydrogens is 260 g/mol. The molecule has 0 atom stereocenters. The molecule has 0 saturated heterocycles. The maximum absolute atomic E-state index is 11.0. The Balaban J connectivity index is 1.92. The maximum atomic E-state index is 11.0. The fourth-order valence-corrected chi connectivity index (χ4v) is 1.86. The largest absolute Gasteiger partial charge is 0.489 e. The fraction of sp³-hybridized carbons (Fsp3) is 0.188. The molecule has 0 spiro atoms. The molecule has 0 bridgehead atoms. The van der Waals surface area contributed by atoms with Crippen molar-refractivity contribution < 1.29 is 9.53 Å². The number of hydrogen-bond donors (Lipinski definition) is 0. The van der Waals surface area contributed by atoms with Gasteiger partial charge in [0.25, 0.3) is 0 Å². The number of ketones is 1. The lowest BCUT2D eigenvalue weighted by atomic mass is 10.1. The van der Waals surface area contributed by atoms with Crippen molar-refractivity contribution in [3.63, 3.8) is 0 Å². The highest BCUT2D eigenvalue weighted by molar-refractivity contribution is 6.30. The average Bonchev–Trinajstić information content (AvgIpc) is 2.39. The summed E-state index contributed by atoms with van der Waals surface area (Å²) in [6, 6.07) is 15.2. The Bertz CT molecular complexity index is 544. The summed E-state index contributed by atoms with van der Waals surface area (Å²) in [5, 5.41) is 0.720. The van der Waals surface area contributed by atoms with Crippen LogP contribution in [0.4, 0.5) is 0 Å². The van der Waals surface area contributed by atoms with Gasteiger partial charge >= 0.3 is 0 Å². The molecule has 0 aliphatic carbocycles. The molecule has 0 saturated carbocycles. The Labute approximate surface area is 118 Å². The molecule has 0 N–H and O–H groups in total. The quantitative estimate of drug-likeness (QED) is 0.822. The van der Waals surface area contributed by atoms with E-state index in [0.717, 1.165) is 21.9 Å². The van der Waals surface area contributed by atoms with Crippen LogP contribution in [-0.2, 0) is 17.8 Å². The van der Waals surface area contributed by atoms with Crippen molar-refractivity contribution in [2.75, 3.05) is 0 Å². The molecule has 0 aliphatic heterocycles. The van der Waals surface area contributed by atoms with Gasteiger partial charge in [-0.2, -0.15) is 0 Å². The molecule has 2 nitrogen and oxygen atoms in total. The first-order chi connectivity index (χ1) is 9.13. The Morgan fingerprint density at radius 2 is 1.58 bits per heavy atom. The molecule has 0 fully saturated rings. The summed E-state index contributed by atoms with van der Waals surface area (Å²) >= 11 is 5.82. The number of hydrogen-bond acceptors (Lipinski definition) is 2. The lowest BCUT2D eigenvalue weighted by Gasteiger charge is -2.07. The number of halogens is 1. The van der Waals surface area contributed by atoms with Crippen molar-refractivity contribution in [1.82, 2.24) is 0 Å². The van der Waals surface area contributed by atoms with Crippen molar-refractivity contribution in [3.8, 4) is 5.75 Å². The molecule has 0 amide bonds. The third-order valence-electron chi connectivity index (χ3n) is 2.70. The van der Waals surface area contributed by atoms with Gasteiger partial charge in [-0.05, 0) is 42.3 Å². The zero-order chi connectivity index (χ0) is 13.7. The van der Waals surface area contributed by atoms with Gasteiger partial charge in [0.15, 0.2) is 0 Å². The first-order valence-corrected chi connectivity index (χ1v) is 6.47. The van der Waals surface area contributed by atoms with E-state index in [0.29, 0.717) is 13.0 Å². The van der Waals surface area contributed by atoms with Crippen LogP contribution in [0.1, 0.15) is 18.1 Å². The average molecular weight is 275 g/mol. The number of benzene rings is 2. The maximum Gasteiger partial charge on any atom is 0.134 e. The van der Waals surface area contributed by atoms with Gasteiger partial charge in [0.1, 0.15) is 18.1 Å². The van der Waals surface area contributed by atoms with E-state index in [9.17, 15) is 4.79 Å². The zero-order valence-corrected chi connectivity index (χ0v) is 11.5. The second kappa shape index (κ2) is 6.39. The monoisotopic (exact) mass is 274 g/mol. The van der Waals surface area contributed by atoms with E-state index in [1.165, 1.54) is 0 Å². The van der Waals surface area contributed by atoms with E-state index in [1.54, 1.807) is 6.92 Å². The van der Waals surface area contributed by atoms with Crippen molar-refractivity contribution >= 4 is 17.4 Å². The van der Waals surface area contributed by atoms with E-state index in [4.69, 9.17) is 16.3 Å². The van der Waals surface area contributed by atoms with E-state index in [-0.39, 0.29) is 5.78 Å². The van der Waals surface area contributed by atoms with E-state index >= 15 is 0 Å². The van der Waals surface area contributed by atoms with Gasteiger partial charge in [0.05, 0.1) is 0 Å². The van der Waals surface area contributed by atoms with Crippen LogP contribution in [-0.4, -0.2) is 5.78 Å². The Hall–Kier alpha value is -1.80. The fourth-order valence-electron chi connectivity index (χ4n) is 1.74. The second-order valence-corrected chi connectivity index (χ2v) is 4.87. The van der Waals surface area contributed by atoms with Gasteiger partial charge in [-0.3, -0.25) is 4.79 Å². The van der Waals surface area contributed by atoms with Crippen LogP contribution in [0.5, 0.6) is 5.75 Å². The molecule has 0 radical (unpaired) electrons. The van der Waals surface area contributed by atoms with Crippen LogP contribution < -0.4 is 4.74 Å². The number of rotatable bonds is 5. The van der Waals surface area contributed by atoms with Crippen LogP contribution in [0.3, 0.4) is 0 Å². The van der Waals surface area contributed by atoms with Gasteiger partial charge in [-0.25, -0.2) is 0 Å². The lowest BCUT2D eigenvalue weighted by molar-refractivity contribution is -0.116. The predicted molar refractivity (Wildman–Crippen MR) is 76.6 cm³/mol. The lowest BCUT2D eigenvalue weighted by Crippen LogP contribution is -1.97. The summed E-state index contributed by atoms with van der Waals surface area (Å²) in [6.45, 7) is 2.09. The summed E-state index contributed by atoms with van der Waals surface area (Å²) in [5.41, 5.74) is 2.07. The number of ether oxygens (including phenoxy) is 1. The minimum absolute atomic E-state index is 0.162. The van der Waals surface area contributed by atoms with Crippen LogP contribution in [0.25, 0.3) is 0 Å². The van der Waals surface area contributed by atoms with Crippen molar-refractivity contribution in [1.29, 1.82) is 0 Å². The molecule has 3 heteroatoms. The minimum Gasteiger partial charge on any atom is -0.489 e. The molecule has 0 heterocycles. The summed E-state index contributed by atoms with van der Waals surface area (Å²) in [5.74, 6) is 0.956. The summed E-state index contributed by atoms with van der Waals surface area (Å²) in [7, 11) is 0. The van der Waals surface area contributed by atoms with Crippen LogP contribution in [0.2, 0.25) is 5.02 Å². The molecule has 2 rings (SSSR count).